The van der Waals surface area contributed by atoms with Crippen molar-refractivity contribution in [3.05, 3.63) is 18.2 Å². The molecule has 0 bridgehead atoms. The molecule has 0 saturated carbocycles. The smallest absolute Gasteiger partial charge is 0.231 e. The Kier molecular flexibility index (Phi) is 5.79. The van der Waals surface area contributed by atoms with E-state index in [0.29, 0.717) is 23.7 Å². The number of methoxy groups -OCH3 is 1. The van der Waals surface area contributed by atoms with Crippen LogP contribution in [0.15, 0.2) is 18.2 Å². The summed E-state index contributed by atoms with van der Waals surface area (Å²) in [6, 6.07) is 5.00. The number of nitrogens with zero attached hydrogens (tertiary/aromatic N) is 1. The largest absolute Gasteiger partial charge is 0.495 e. The maximum atomic E-state index is 11.8. The summed E-state index contributed by atoms with van der Waals surface area (Å²) < 4.78 is 5.14. The first kappa shape index (κ1) is 15.8. The molecule has 0 heterocycles. The number of anilines is 2. The lowest BCUT2D eigenvalue weighted by Gasteiger charge is -2.15. The van der Waals surface area contributed by atoms with Gasteiger partial charge < -0.3 is 21.5 Å². The first-order chi connectivity index (χ1) is 9.42. The fourth-order valence-corrected chi connectivity index (χ4v) is 1.67. The van der Waals surface area contributed by atoms with Crippen molar-refractivity contribution < 1.29 is 14.3 Å². The lowest BCUT2D eigenvalue weighted by atomic mass is 10.2. The van der Waals surface area contributed by atoms with Crippen LogP contribution in [0.5, 0.6) is 5.75 Å². The molecule has 0 aliphatic heterocycles. The highest BCUT2D eigenvalue weighted by Gasteiger charge is 2.10. The molecule has 1 aromatic rings. The third-order valence-electron chi connectivity index (χ3n) is 2.64. The predicted octanol–water partition coefficient (Wildman–Crippen LogP) is 0.0231. The minimum atomic E-state index is -0.426. The molecular weight excluding hydrogens is 260 g/mol. The average Bonchev–Trinajstić information content (AvgIpc) is 2.36. The fourth-order valence-electron chi connectivity index (χ4n) is 1.67. The Morgan fingerprint density at radius 1 is 1.40 bits per heavy atom. The Morgan fingerprint density at radius 2 is 2.10 bits per heavy atom. The van der Waals surface area contributed by atoms with Gasteiger partial charge in [0.05, 0.1) is 19.3 Å². The van der Waals surface area contributed by atoms with Gasteiger partial charge in [0.15, 0.2) is 0 Å². The van der Waals surface area contributed by atoms with Gasteiger partial charge in [0.1, 0.15) is 5.75 Å². The van der Waals surface area contributed by atoms with Gasteiger partial charge >= 0.3 is 0 Å². The van der Waals surface area contributed by atoms with Crippen molar-refractivity contribution >= 4 is 23.2 Å². The summed E-state index contributed by atoms with van der Waals surface area (Å²) >= 11 is 0. The van der Waals surface area contributed by atoms with Gasteiger partial charge in [0.2, 0.25) is 11.8 Å². The van der Waals surface area contributed by atoms with E-state index in [9.17, 15) is 9.59 Å². The lowest BCUT2D eigenvalue weighted by molar-refractivity contribution is -0.120. The number of nitrogens with two attached hydrogens (primary N) is 2. The maximum Gasteiger partial charge on any atom is 0.231 e. The molecule has 7 heteroatoms. The van der Waals surface area contributed by atoms with Crippen LogP contribution in [0.25, 0.3) is 0 Å². The molecule has 0 saturated heterocycles. The molecule has 0 radical (unpaired) electrons. The molecule has 0 aromatic heterocycles. The fraction of sp³-hybridized carbons (Fsp3) is 0.385. The van der Waals surface area contributed by atoms with Crippen molar-refractivity contribution in [3.8, 4) is 5.75 Å². The number of nitrogens with one attached hydrogen (secondary N) is 1. The Bertz CT molecular complexity index is 491. The van der Waals surface area contributed by atoms with Gasteiger partial charge in [-0.2, -0.15) is 0 Å². The van der Waals surface area contributed by atoms with Crippen LogP contribution in [0, 0.1) is 0 Å². The highest BCUT2D eigenvalue weighted by molar-refractivity contribution is 5.93. The topological polar surface area (TPSA) is 111 Å². The Labute approximate surface area is 117 Å². The number of rotatable bonds is 7. The number of primary amides is 1. The zero-order valence-corrected chi connectivity index (χ0v) is 11.7. The standard InChI is InChI=1S/C13H20N4O3/c1-17(8-12(15)18)6-5-13(19)16-10-7-9(14)3-4-11(10)20-2/h3-4,7H,5-6,8,14H2,1-2H3,(H2,15,18)(H,16,19). The van der Waals surface area contributed by atoms with Gasteiger partial charge in [-0.25, -0.2) is 0 Å². The van der Waals surface area contributed by atoms with Crippen LogP contribution >= 0.6 is 0 Å². The minimum absolute atomic E-state index is 0.120. The van der Waals surface area contributed by atoms with Crippen LogP contribution in [0.1, 0.15) is 6.42 Å². The zero-order valence-electron chi connectivity index (χ0n) is 11.7. The third kappa shape index (κ3) is 5.15. The van der Waals surface area contributed by atoms with Gasteiger partial charge in [-0.05, 0) is 25.2 Å². The number of carbonyl (C=O) groups excluding carboxylic acids is 2. The van der Waals surface area contributed by atoms with E-state index in [-0.39, 0.29) is 18.9 Å². The second-order valence-electron chi connectivity index (χ2n) is 4.46. The van der Waals surface area contributed by atoms with E-state index in [0.717, 1.165) is 0 Å². The molecule has 1 aromatic carbocycles. The van der Waals surface area contributed by atoms with Crippen molar-refractivity contribution in [2.45, 2.75) is 6.42 Å². The predicted molar refractivity (Wildman–Crippen MR) is 77.3 cm³/mol. The van der Waals surface area contributed by atoms with Crippen LogP contribution < -0.4 is 21.5 Å². The van der Waals surface area contributed by atoms with Crippen LogP contribution in [-0.4, -0.2) is 44.0 Å². The van der Waals surface area contributed by atoms with E-state index in [4.69, 9.17) is 16.2 Å². The van der Waals surface area contributed by atoms with Crippen LogP contribution in [-0.2, 0) is 9.59 Å². The van der Waals surface area contributed by atoms with Gasteiger partial charge in [-0.3, -0.25) is 14.5 Å². The third-order valence-corrected chi connectivity index (χ3v) is 2.64. The maximum absolute atomic E-state index is 11.8. The number of hydrogen-bond acceptors (Lipinski definition) is 5. The summed E-state index contributed by atoms with van der Waals surface area (Å²) in [4.78, 5) is 24.2. The Morgan fingerprint density at radius 3 is 2.70 bits per heavy atom. The van der Waals surface area contributed by atoms with Crippen molar-refractivity contribution in [1.82, 2.24) is 4.90 Å². The first-order valence-corrected chi connectivity index (χ1v) is 6.12. The summed E-state index contributed by atoms with van der Waals surface area (Å²) in [6.07, 6.45) is 0.238. The lowest BCUT2D eigenvalue weighted by Crippen LogP contribution is -2.32. The molecule has 0 atom stereocenters. The van der Waals surface area contributed by atoms with E-state index in [1.165, 1.54) is 7.11 Å². The highest BCUT2D eigenvalue weighted by atomic mass is 16.5. The second kappa shape index (κ2) is 7.34. The number of carbonyl (C=O) groups is 2. The molecule has 0 unspecified atom stereocenters. The SMILES string of the molecule is COc1ccc(N)cc1NC(=O)CCN(C)CC(N)=O. The molecule has 0 spiro atoms. The molecule has 1 rings (SSSR count). The van der Waals surface area contributed by atoms with Gasteiger partial charge in [0.25, 0.3) is 0 Å². The Balaban J connectivity index is 2.54. The molecular formula is C13H20N4O3. The van der Waals surface area contributed by atoms with Gasteiger partial charge in [-0.15, -0.1) is 0 Å². The number of likely N-dealkylation sites (N-methyl/N-ethyl adjacent to an activating group) is 1. The van der Waals surface area contributed by atoms with Crippen molar-refractivity contribution in [1.29, 1.82) is 0 Å². The number of benzene rings is 1. The quantitative estimate of drug-likeness (QED) is 0.610. The second-order valence-corrected chi connectivity index (χ2v) is 4.46. The molecule has 7 nitrogen and oxygen atoms in total. The van der Waals surface area contributed by atoms with E-state index in [1.807, 2.05) is 0 Å². The molecule has 2 amide bonds. The number of nitrogen functional groups attached to an aromatic ring is 1. The normalized spacial score (nSPS) is 10.3. The summed E-state index contributed by atoms with van der Waals surface area (Å²) in [7, 11) is 3.24. The minimum Gasteiger partial charge on any atom is -0.495 e. The van der Waals surface area contributed by atoms with Crippen molar-refractivity contribution in [2.24, 2.45) is 5.73 Å². The average molecular weight is 280 g/mol. The van der Waals surface area contributed by atoms with Crippen LogP contribution in [0.4, 0.5) is 11.4 Å². The summed E-state index contributed by atoms with van der Waals surface area (Å²) in [6.45, 7) is 0.550. The molecule has 5 N–H and O–H groups in total. The van der Waals surface area contributed by atoms with Gasteiger partial charge in [-0.1, -0.05) is 0 Å². The van der Waals surface area contributed by atoms with E-state index >= 15 is 0 Å². The van der Waals surface area contributed by atoms with Crippen molar-refractivity contribution in [3.63, 3.8) is 0 Å². The summed E-state index contributed by atoms with van der Waals surface area (Å²) in [5.41, 5.74) is 11.8. The van der Waals surface area contributed by atoms with Crippen molar-refractivity contribution in [2.75, 3.05) is 38.3 Å². The van der Waals surface area contributed by atoms with Crippen LogP contribution in [0.3, 0.4) is 0 Å². The zero-order chi connectivity index (χ0) is 15.1. The first-order valence-electron chi connectivity index (χ1n) is 6.12. The number of hydrogen-bond donors (Lipinski definition) is 3. The summed E-state index contributed by atoms with van der Waals surface area (Å²) in [5, 5.41) is 2.72. The van der Waals surface area contributed by atoms with E-state index in [1.54, 1.807) is 30.1 Å². The number of ether oxygens (including phenoxy) is 1. The summed E-state index contributed by atoms with van der Waals surface area (Å²) in [5.74, 6) is -0.0753. The van der Waals surface area contributed by atoms with E-state index < -0.39 is 5.91 Å². The monoisotopic (exact) mass is 280 g/mol. The van der Waals surface area contributed by atoms with Gasteiger partial charge in [0, 0.05) is 18.7 Å². The molecule has 0 aliphatic rings. The number of amides is 2. The Hall–Kier alpha value is -2.28. The molecule has 0 fully saturated rings. The van der Waals surface area contributed by atoms with Crippen LogP contribution in [0.2, 0.25) is 0 Å². The molecule has 0 aliphatic carbocycles. The van der Waals surface area contributed by atoms with E-state index in [2.05, 4.69) is 5.32 Å². The molecule has 110 valence electrons. The highest BCUT2D eigenvalue weighted by Crippen LogP contribution is 2.26. The molecule has 20 heavy (non-hydrogen) atoms.